The molecule has 0 bridgehead atoms. The summed E-state index contributed by atoms with van der Waals surface area (Å²) in [4.78, 5) is 20.0. The molecule has 0 aliphatic heterocycles. The Morgan fingerprint density at radius 2 is 2.22 bits per heavy atom. The Bertz CT molecular complexity index is 580. The molecule has 0 spiro atoms. The number of nitrogens with zero attached hydrogens (tertiary/aromatic N) is 2. The number of nitrogen functional groups attached to an aromatic ring is 1. The number of nitrogens with one attached hydrogen (secondary N) is 1. The summed E-state index contributed by atoms with van der Waals surface area (Å²) in [6, 6.07) is 6.48. The van der Waals surface area contributed by atoms with E-state index in [9.17, 15) is 4.79 Å². The highest BCUT2D eigenvalue weighted by molar-refractivity contribution is 6.33. The first-order chi connectivity index (χ1) is 8.56. The monoisotopic (exact) mass is 262 g/mol. The number of aromatic nitrogens is 2. The molecule has 2 rings (SSSR count). The van der Waals surface area contributed by atoms with Crippen LogP contribution in [0, 0.1) is 6.92 Å². The lowest BCUT2D eigenvalue weighted by atomic mass is 10.2. The highest BCUT2D eigenvalue weighted by Gasteiger charge is 2.10. The van der Waals surface area contributed by atoms with Gasteiger partial charge in [0.1, 0.15) is 5.82 Å². The van der Waals surface area contributed by atoms with E-state index in [1.54, 1.807) is 31.3 Å². The first kappa shape index (κ1) is 12.3. The number of halogens is 1. The van der Waals surface area contributed by atoms with Crippen molar-refractivity contribution in [3.8, 4) is 0 Å². The molecule has 0 saturated heterocycles. The molecule has 5 nitrogen and oxygen atoms in total. The molecule has 2 aromatic rings. The van der Waals surface area contributed by atoms with Crippen molar-refractivity contribution in [3.63, 3.8) is 0 Å². The van der Waals surface area contributed by atoms with E-state index < -0.39 is 0 Å². The van der Waals surface area contributed by atoms with Gasteiger partial charge in [0.25, 0.3) is 5.91 Å². The van der Waals surface area contributed by atoms with Crippen LogP contribution in [0.1, 0.15) is 16.1 Å². The van der Waals surface area contributed by atoms with Crippen LogP contribution in [-0.4, -0.2) is 15.9 Å². The lowest BCUT2D eigenvalue weighted by Gasteiger charge is -2.07. The van der Waals surface area contributed by atoms with Crippen LogP contribution in [-0.2, 0) is 0 Å². The number of anilines is 2. The van der Waals surface area contributed by atoms with Gasteiger partial charge in [-0.05, 0) is 31.2 Å². The largest absolute Gasteiger partial charge is 0.384 e. The summed E-state index contributed by atoms with van der Waals surface area (Å²) in [6.07, 6.45) is 1.55. The first-order valence-corrected chi connectivity index (χ1v) is 5.60. The summed E-state index contributed by atoms with van der Waals surface area (Å²) in [6.45, 7) is 1.76. The van der Waals surface area contributed by atoms with Gasteiger partial charge in [0.05, 0.1) is 5.02 Å². The van der Waals surface area contributed by atoms with Crippen molar-refractivity contribution in [3.05, 3.63) is 46.7 Å². The number of carbonyl (C=O) groups excluding carboxylic acids is 1. The lowest BCUT2D eigenvalue weighted by Crippen LogP contribution is -2.14. The summed E-state index contributed by atoms with van der Waals surface area (Å²) in [5.74, 6) is 0.289. The van der Waals surface area contributed by atoms with Crippen molar-refractivity contribution in [2.45, 2.75) is 6.92 Å². The van der Waals surface area contributed by atoms with E-state index in [1.807, 2.05) is 0 Å². The van der Waals surface area contributed by atoms with Crippen LogP contribution in [0.4, 0.5) is 11.6 Å². The molecule has 0 aliphatic rings. The molecule has 2 aromatic heterocycles. The summed E-state index contributed by atoms with van der Waals surface area (Å²) in [5.41, 5.74) is 6.68. The van der Waals surface area contributed by atoms with Gasteiger partial charge in [0, 0.05) is 17.5 Å². The average Bonchev–Trinajstić information content (AvgIpc) is 2.31. The average molecular weight is 263 g/mol. The third-order valence-electron chi connectivity index (χ3n) is 2.23. The fourth-order valence-electron chi connectivity index (χ4n) is 1.48. The fourth-order valence-corrected chi connectivity index (χ4v) is 1.65. The Morgan fingerprint density at radius 1 is 1.44 bits per heavy atom. The van der Waals surface area contributed by atoms with Crippen LogP contribution < -0.4 is 11.1 Å². The van der Waals surface area contributed by atoms with Gasteiger partial charge >= 0.3 is 0 Å². The molecule has 0 saturated carbocycles. The normalized spacial score (nSPS) is 10.1. The van der Waals surface area contributed by atoms with Crippen LogP contribution in [0.15, 0.2) is 30.5 Å². The molecule has 0 radical (unpaired) electrons. The van der Waals surface area contributed by atoms with Crippen LogP contribution in [0.2, 0.25) is 5.02 Å². The smallest absolute Gasteiger partial charge is 0.257 e. The van der Waals surface area contributed by atoms with Crippen molar-refractivity contribution >= 4 is 29.1 Å². The maximum absolute atomic E-state index is 12.0. The zero-order valence-corrected chi connectivity index (χ0v) is 10.4. The van der Waals surface area contributed by atoms with Crippen molar-refractivity contribution in [1.82, 2.24) is 9.97 Å². The van der Waals surface area contributed by atoms with Gasteiger partial charge in [-0.3, -0.25) is 4.79 Å². The summed E-state index contributed by atoms with van der Waals surface area (Å²) >= 11 is 5.90. The van der Waals surface area contributed by atoms with Crippen molar-refractivity contribution < 1.29 is 4.79 Å². The van der Waals surface area contributed by atoms with Gasteiger partial charge in [0.2, 0.25) is 0 Å². The van der Waals surface area contributed by atoms with E-state index in [4.69, 9.17) is 17.3 Å². The number of hydrogen-bond donors (Lipinski definition) is 2. The molecule has 18 heavy (non-hydrogen) atoms. The molecule has 6 heteroatoms. The van der Waals surface area contributed by atoms with Gasteiger partial charge < -0.3 is 11.1 Å². The van der Waals surface area contributed by atoms with E-state index in [-0.39, 0.29) is 5.91 Å². The first-order valence-electron chi connectivity index (χ1n) is 5.22. The Balaban J connectivity index is 2.25. The molecule has 0 unspecified atom stereocenters. The third kappa shape index (κ3) is 2.75. The highest BCUT2D eigenvalue weighted by atomic mass is 35.5. The molecular weight excluding hydrogens is 252 g/mol. The van der Waals surface area contributed by atoms with E-state index in [0.717, 1.165) is 0 Å². The number of hydrogen-bond acceptors (Lipinski definition) is 4. The van der Waals surface area contributed by atoms with Gasteiger partial charge in [0.15, 0.2) is 5.82 Å². The fraction of sp³-hybridized carbons (Fsp3) is 0.0833. The van der Waals surface area contributed by atoms with Crippen LogP contribution in [0.25, 0.3) is 0 Å². The van der Waals surface area contributed by atoms with Crippen molar-refractivity contribution in [1.29, 1.82) is 0 Å². The summed E-state index contributed by atoms with van der Waals surface area (Å²) < 4.78 is 0. The number of pyridine rings is 2. The number of aryl methyl sites for hydroxylation is 1. The van der Waals surface area contributed by atoms with Gasteiger partial charge in [-0.1, -0.05) is 11.6 Å². The number of carbonyl (C=O) groups is 1. The van der Waals surface area contributed by atoms with Gasteiger partial charge in [-0.2, -0.15) is 0 Å². The summed E-state index contributed by atoms with van der Waals surface area (Å²) in [5, 5.41) is 2.99. The summed E-state index contributed by atoms with van der Waals surface area (Å²) in [7, 11) is 0. The van der Waals surface area contributed by atoms with Crippen LogP contribution >= 0.6 is 11.6 Å². The van der Waals surface area contributed by atoms with E-state index in [1.165, 1.54) is 6.07 Å². The van der Waals surface area contributed by atoms with Crippen LogP contribution in [0.5, 0.6) is 0 Å². The second-order valence-corrected chi connectivity index (χ2v) is 4.12. The van der Waals surface area contributed by atoms with Gasteiger partial charge in [-0.25, -0.2) is 9.97 Å². The number of amides is 1. The predicted molar refractivity (Wildman–Crippen MR) is 70.6 cm³/mol. The topological polar surface area (TPSA) is 80.9 Å². The maximum atomic E-state index is 12.0. The maximum Gasteiger partial charge on any atom is 0.257 e. The van der Waals surface area contributed by atoms with E-state index >= 15 is 0 Å². The molecule has 0 aromatic carbocycles. The second-order valence-electron chi connectivity index (χ2n) is 3.71. The minimum atomic E-state index is -0.326. The Hall–Kier alpha value is -2.14. The quantitative estimate of drug-likeness (QED) is 0.870. The standard InChI is InChI=1S/C12H11ClN4O/c1-7-5-8(6-10(14)16-7)12(18)17-11-9(13)3-2-4-15-11/h2-6H,1H3,(H2,14,16)(H,15,17,18). The molecule has 3 N–H and O–H groups in total. The third-order valence-corrected chi connectivity index (χ3v) is 2.53. The molecule has 1 amide bonds. The zero-order chi connectivity index (χ0) is 13.1. The Kier molecular flexibility index (Phi) is 3.43. The predicted octanol–water partition coefficient (Wildman–Crippen LogP) is 2.27. The second kappa shape index (κ2) is 5.01. The molecule has 0 aliphatic carbocycles. The minimum absolute atomic E-state index is 0.298. The highest BCUT2D eigenvalue weighted by Crippen LogP contribution is 2.18. The molecule has 2 heterocycles. The molecule has 92 valence electrons. The minimum Gasteiger partial charge on any atom is -0.384 e. The lowest BCUT2D eigenvalue weighted by molar-refractivity contribution is 0.102. The van der Waals surface area contributed by atoms with E-state index in [2.05, 4.69) is 15.3 Å². The van der Waals surface area contributed by atoms with Crippen molar-refractivity contribution in [2.75, 3.05) is 11.1 Å². The molecule has 0 atom stereocenters. The SMILES string of the molecule is Cc1cc(C(=O)Nc2ncccc2Cl)cc(N)n1. The van der Waals surface area contributed by atoms with Crippen molar-refractivity contribution in [2.24, 2.45) is 0 Å². The number of nitrogens with two attached hydrogens (primary N) is 1. The molecule has 0 fully saturated rings. The molecular formula is C12H11ClN4O. The zero-order valence-electron chi connectivity index (χ0n) is 9.64. The number of rotatable bonds is 2. The van der Waals surface area contributed by atoms with Crippen LogP contribution in [0.3, 0.4) is 0 Å². The van der Waals surface area contributed by atoms with Gasteiger partial charge in [-0.15, -0.1) is 0 Å². The Morgan fingerprint density at radius 3 is 2.89 bits per heavy atom. The Labute approximate surface area is 109 Å². The van der Waals surface area contributed by atoms with E-state index in [0.29, 0.717) is 27.9 Å².